The molecule has 1 aliphatic rings. The van der Waals surface area contributed by atoms with Gasteiger partial charge in [0.15, 0.2) is 0 Å². The maximum Gasteiger partial charge on any atom is 0.406 e. The van der Waals surface area contributed by atoms with Crippen LogP contribution in [-0.4, -0.2) is 50.5 Å². The van der Waals surface area contributed by atoms with E-state index in [9.17, 15) is 9.59 Å². The molecule has 1 saturated carbocycles. The quantitative estimate of drug-likeness (QED) is 0.350. The second-order valence-electron chi connectivity index (χ2n) is 8.53. The zero-order valence-corrected chi connectivity index (χ0v) is 19.8. The number of aliphatic hydroxyl groups excluding tert-OH is 1. The van der Waals surface area contributed by atoms with Crippen molar-refractivity contribution in [2.24, 2.45) is 11.3 Å². The van der Waals surface area contributed by atoms with Crippen LogP contribution in [0.25, 0.3) is 0 Å². The number of allylic oxidation sites excluding steroid dienone is 2. The van der Waals surface area contributed by atoms with Crippen molar-refractivity contribution < 1.29 is 24.2 Å². The number of rotatable bonds is 12. The third-order valence-corrected chi connectivity index (χ3v) is 4.58. The molecule has 1 rings (SSSR count). The van der Waals surface area contributed by atoms with Gasteiger partial charge in [0.25, 0.3) is 0 Å². The molecule has 172 valence electrons. The SMILES string of the molecule is CC/C=C\CCC1CC1.CO.COC(=O)NCCC(C)(C)OCCC(C)(C)C=O. The normalized spacial score (nSPS) is 13.7. The number of carbonyl (C=O) groups is 2. The standard InChI is InChI=1S/C13H25NO4.C9H16.CH4O/c1-12(2,10-15)7-9-18-13(3,4)6-8-14-11(16)17-5;1-2-3-4-5-6-9-7-8-9;1-2/h10H,6-9H2,1-5H3,(H,14,16);3-4,9H,2,5-8H2,1H3;2H,1H3/b;4-3-;. The maximum absolute atomic E-state index is 10.9. The van der Waals surface area contributed by atoms with Crippen LogP contribution in [0.15, 0.2) is 12.2 Å². The number of carbonyl (C=O) groups excluding carboxylic acids is 2. The van der Waals surface area contributed by atoms with Gasteiger partial charge in [-0.3, -0.25) is 0 Å². The van der Waals surface area contributed by atoms with Crippen LogP contribution >= 0.6 is 0 Å². The summed E-state index contributed by atoms with van der Waals surface area (Å²) in [5.74, 6) is 1.10. The molecule has 0 spiro atoms. The average Bonchev–Trinajstić information content (AvgIpc) is 3.51. The monoisotopic (exact) mass is 415 g/mol. The lowest BCUT2D eigenvalue weighted by molar-refractivity contribution is -0.116. The molecule has 0 radical (unpaired) electrons. The van der Waals surface area contributed by atoms with E-state index in [1.165, 1.54) is 39.2 Å². The van der Waals surface area contributed by atoms with Crippen molar-refractivity contribution >= 4 is 12.4 Å². The maximum atomic E-state index is 10.9. The fourth-order valence-corrected chi connectivity index (χ4v) is 2.28. The average molecular weight is 416 g/mol. The highest BCUT2D eigenvalue weighted by atomic mass is 16.5. The summed E-state index contributed by atoms with van der Waals surface area (Å²) in [6.07, 6.45) is 13.4. The van der Waals surface area contributed by atoms with Crippen LogP contribution in [0.4, 0.5) is 4.79 Å². The van der Waals surface area contributed by atoms with Gasteiger partial charge in [0.2, 0.25) is 0 Å². The highest BCUT2D eigenvalue weighted by Gasteiger charge is 2.22. The summed E-state index contributed by atoms with van der Waals surface area (Å²) in [5, 5.41) is 9.61. The Hall–Kier alpha value is -1.40. The number of hydrogen-bond acceptors (Lipinski definition) is 5. The summed E-state index contributed by atoms with van der Waals surface area (Å²) in [6, 6.07) is 0. The third kappa shape index (κ3) is 21.1. The first-order valence-corrected chi connectivity index (χ1v) is 10.7. The van der Waals surface area contributed by atoms with E-state index in [2.05, 4.69) is 29.1 Å². The largest absolute Gasteiger partial charge is 0.453 e. The highest BCUT2D eigenvalue weighted by molar-refractivity contribution is 5.66. The van der Waals surface area contributed by atoms with Crippen molar-refractivity contribution in [1.29, 1.82) is 0 Å². The molecule has 6 nitrogen and oxygen atoms in total. The van der Waals surface area contributed by atoms with E-state index in [1.54, 1.807) is 0 Å². The van der Waals surface area contributed by atoms with Gasteiger partial charge in [0.05, 0.1) is 12.7 Å². The van der Waals surface area contributed by atoms with Gasteiger partial charge in [-0.25, -0.2) is 4.79 Å². The van der Waals surface area contributed by atoms with E-state index >= 15 is 0 Å². The van der Waals surface area contributed by atoms with Gasteiger partial charge in [-0.1, -0.05) is 45.8 Å². The van der Waals surface area contributed by atoms with E-state index in [-0.39, 0.29) is 11.0 Å². The van der Waals surface area contributed by atoms with Crippen LogP contribution in [-0.2, 0) is 14.3 Å². The van der Waals surface area contributed by atoms with Crippen LogP contribution < -0.4 is 5.32 Å². The number of aldehydes is 1. The van der Waals surface area contributed by atoms with E-state index < -0.39 is 6.09 Å². The van der Waals surface area contributed by atoms with Crippen molar-refractivity contribution in [2.75, 3.05) is 27.4 Å². The van der Waals surface area contributed by atoms with Crippen molar-refractivity contribution in [3.63, 3.8) is 0 Å². The second kappa shape index (κ2) is 17.5. The van der Waals surface area contributed by atoms with E-state index in [4.69, 9.17) is 9.84 Å². The Balaban J connectivity index is 0. The molecule has 1 aliphatic carbocycles. The van der Waals surface area contributed by atoms with Gasteiger partial charge < -0.3 is 24.7 Å². The Bertz CT molecular complexity index is 443. The summed E-state index contributed by atoms with van der Waals surface area (Å²) in [6.45, 7) is 10.9. The number of alkyl carbamates (subject to hydrolysis) is 1. The van der Waals surface area contributed by atoms with Gasteiger partial charge in [0.1, 0.15) is 6.29 Å². The Morgan fingerprint density at radius 3 is 2.24 bits per heavy atom. The molecular weight excluding hydrogens is 370 g/mol. The molecule has 0 aromatic heterocycles. The van der Waals surface area contributed by atoms with Crippen LogP contribution in [0.2, 0.25) is 0 Å². The van der Waals surface area contributed by atoms with Gasteiger partial charge in [0, 0.05) is 25.7 Å². The summed E-state index contributed by atoms with van der Waals surface area (Å²) >= 11 is 0. The zero-order valence-electron chi connectivity index (χ0n) is 19.8. The van der Waals surface area contributed by atoms with Gasteiger partial charge in [-0.2, -0.15) is 0 Å². The summed E-state index contributed by atoms with van der Waals surface area (Å²) in [7, 11) is 2.33. The molecule has 1 amide bonds. The zero-order chi connectivity index (χ0) is 22.8. The van der Waals surface area contributed by atoms with Crippen LogP contribution in [0, 0.1) is 11.3 Å². The predicted octanol–water partition coefficient (Wildman–Crippen LogP) is 4.89. The molecular formula is C23H45NO5. The minimum Gasteiger partial charge on any atom is -0.453 e. The number of hydrogen-bond donors (Lipinski definition) is 2. The van der Waals surface area contributed by atoms with Crippen molar-refractivity contribution in [2.45, 2.75) is 85.2 Å². The fraction of sp³-hybridized carbons (Fsp3) is 0.826. The lowest BCUT2D eigenvalue weighted by Crippen LogP contribution is -2.33. The molecule has 0 aromatic carbocycles. The third-order valence-electron chi connectivity index (χ3n) is 4.58. The molecule has 6 heteroatoms. The van der Waals surface area contributed by atoms with E-state index in [0.717, 1.165) is 19.3 Å². The molecule has 0 atom stereocenters. The molecule has 0 unspecified atom stereocenters. The number of amides is 1. The molecule has 0 aliphatic heterocycles. The Kier molecular flexibility index (Phi) is 17.9. The van der Waals surface area contributed by atoms with Crippen LogP contribution in [0.5, 0.6) is 0 Å². The minimum absolute atomic E-state index is 0.333. The van der Waals surface area contributed by atoms with Crippen LogP contribution in [0.1, 0.15) is 79.6 Å². The first kappa shape index (κ1) is 29.8. The first-order valence-electron chi connectivity index (χ1n) is 10.7. The Labute approximate surface area is 178 Å². The lowest BCUT2D eigenvalue weighted by atomic mass is 9.92. The van der Waals surface area contributed by atoms with Crippen LogP contribution in [0.3, 0.4) is 0 Å². The second-order valence-corrected chi connectivity index (χ2v) is 8.53. The molecule has 2 N–H and O–H groups in total. The van der Waals surface area contributed by atoms with Gasteiger partial charge >= 0.3 is 6.09 Å². The van der Waals surface area contributed by atoms with Gasteiger partial charge in [-0.15, -0.1) is 0 Å². The molecule has 0 aromatic rings. The molecule has 29 heavy (non-hydrogen) atoms. The summed E-state index contributed by atoms with van der Waals surface area (Å²) in [5.41, 5.74) is -0.680. The summed E-state index contributed by atoms with van der Waals surface area (Å²) < 4.78 is 10.2. The molecule has 0 heterocycles. The lowest BCUT2D eigenvalue weighted by Gasteiger charge is -2.27. The Morgan fingerprint density at radius 2 is 1.76 bits per heavy atom. The fourth-order valence-electron chi connectivity index (χ4n) is 2.28. The topological polar surface area (TPSA) is 84.9 Å². The van der Waals surface area contributed by atoms with E-state index in [0.29, 0.717) is 26.0 Å². The van der Waals surface area contributed by atoms with Gasteiger partial charge in [-0.05, 0) is 51.9 Å². The molecule has 0 saturated heterocycles. The van der Waals surface area contributed by atoms with Crippen molar-refractivity contribution in [1.82, 2.24) is 5.32 Å². The Morgan fingerprint density at radius 1 is 1.14 bits per heavy atom. The first-order chi connectivity index (χ1) is 13.7. The smallest absolute Gasteiger partial charge is 0.406 e. The predicted molar refractivity (Wildman–Crippen MR) is 119 cm³/mol. The van der Waals surface area contributed by atoms with Crippen molar-refractivity contribution in [3.05, 3.63) is 12.2 Å². The highest BCUT2D eigenvalue weighted by Crippen LogP contribution is 2.33. The summed E-state index contributed by atoms with van der Waals surface area (Å²) in [4.78, 5) is 21.6. The molecule has 0 bridgehead atoms. The van der Waals surface area contributed by atoms with Crippen molar-refractivity contribution in [3.8, 4) is 0 Å². The minimum atomic E-state index is -0.437. The molecule has 1 fully saturated rings. The van der Waals surface area contributed by atoms with E-state index in [1.807, 2.05) is 27.7 Å². The number of ether oxygens (including phenoxy) is 2. The number of methoxy groups -OCH3 is 1. The number of nitrogens with one attached hydrogen (secondary N) is 1. The number of aliphatic hydroxyl groups is 1.